The third kappa shape index (κ3) is 6.59. The van der Waals surface area contributed by atoms with Crippen molar-refractivity contribution in [3.63, 3.8) is 0 Å². The van der Waals surface area contributed by atoms with Gasteiger partial charge < -0.3 is 15.4 Å². The van der Waals surface area contributed by atoms with E-state index in [4.69, 9.17) is 4.74 Å². The van der Waals surface area contributed by atoms with E-state index in [1.165, 1.54) is 0 Å². The van der Waals surface area contributed by atoms with Crippen molar-refractivity contribution in [2.75, 3.05) is 45.9 Å². The molecule has 20 heavy (non-hydrogen) atoms. The number of amides is 1. The number of hydrogen-bond donors (Lipinski definition) is 2. The van der Waals surface area contributed by atoms with Crippen molar-refractivity contribution in [2.24, 2.45) is 5.92 Å². The molecule has 7 heteroatoms. The van der Waals surface area contributed by atoms with Crippen molar-refractivity contribution >= 4 is 30.7 Å². The Morgan fingerprint density at radius 2 is 2.10 bits per heavy atom. The van der Waals surface area contributed by atoms with Crippen LogP contribution >= 0.6 is 24.8 Å². The summed E-state index contributed by atoms with van der Waals surface area (Å²) in [6, 6.07) is 0.220. The lowest BCUT2D eigenvalue weighted by molar-refractivity contribution is -0.126. The molecule has 2 fully saturated rings. The molecule has 0 bridgehead atoms. The molecule has 120 valence electrons. The van der Waals surface area contributed by atoms with Gasteiger partial charge in [-0.25, -0.2) is 0 Å². The second-order valence-corrected chi connectivity index (χ2v) is 5.37. The molecule has 1 amide bonds. The van der Waals surface area contributed by atoms with E-state index in [9.17, 15) is 4.79 Å². The molecule has 0 aromatic heterocycles. The molecule has 2 saturated heterocycles. The molecule has 2 atom stereocenters. The van der Waals surface area contributed by atoms with Crippen molar-refractivity contribution in [3.05, 3.63) is 0 Å². The van der Waals surface area contributed by atoms with E-state index in [-0.39, 0.29) is 42.7 Å². The third-order valence-electron chi connectivity index (χ3n) is 3.69. The van der Waals surface area contributed by atoms with Crippen LogP contribution in [0.15, 0.2) is 0 Å². The number of rotatable bonds is 4. The van der Waals surface area contributed by atoms with Gasteiger partial charge in [-0.3, -0.25) is 9.69 Å². The van der Waals surface area contributed by atoms with Crippen LogP contribution in [0.4, 0.5) is 0 Å². The fourth-order valence-electron chi connectivity index (χ4n) is 2.65. The van der Waals surface area contributed by atoms with Crippen LogP contribution in [-0.2, 0) is 9.53 Å². The molecule has 2 unspecified atom stereocenters. The van der Waals surface area contributed by atoms with E-state index in [1.54, 1.807) is 0 Å². The molecule has 0 spiro atoms. The fraction of sp³-hybridized carbons (Fsp3) is 0.923. The second kappa shape index (κ2) is 10.6. The number of halogens is 2. The summed E-state index contributed by atoms with van der Waals surface area (Å²) in [6.45, 7) is 8.47. The zero-order valence-electron chi connectivity index (χ0n) is 12.1. The lowest BCUT2D eigenvalue weighted by Gasteiger charge is -2.30. The summed E-state index contributed by atoms with van der Waals surface area (Å²) < 4.78 is 5.32. The highest BCUT2D eigenvalue weighted by atomic mass is 35.5. The van der Waals surface area contributed by atoms with Crippen LogP contribution in [0.2, 0.25) is 0 Å². The largest absolute Gasteiger partial charge is 0.379 e. The molecular formula is C13H27Cl2N3O2. The first-order valence-corrected chi connectivity index (χ1v) is 7.07. The van der Waals surface area contributed by atoms with Crippen molar-refractivity contribution in [2.45, 2.75) is 25.8 Å². The standard InChI is InChI=1S/C13H25N3O2.2ClH/c1-11(10-16-5-7-18-8-6-16)15-13(17)12-3-2-4-14-9-12;;/h11-12,14H,2-10H2,1H3,(H,15,17);2*1H. The van der Waals surface area contributed by atoms with E-state index in [1.807, 2.05) is 0 Å². The fourth-order valence-corrected chi connectivity index (χ4v) is 2.65. The van der Waals surface area contributed by atoms with Gasteiger partial charge in [0.1, 0.15) is 0 Å². The summed E-state index contributed by atoms with van der Waals surface area (Å²) in [6.07, 6.45) is 2.12. The minimum atomic E-state index is 0. The quantitative estimate of drug-likeness (QED) is 0.796. The van der Waals surface area contributed by atoms with Crippen LogP contribution in [0, 0.1) is 5.92 Å². The van der Waals surface area contributed by atoms with Gasteiger partial charge in [0.05, 0.1) is 19.1 Å². The van der Waals surface area contributed by atoms with E-state index in [2.05, 4.69) is 22.5 Å². The predicted octanol–water partition coefficient (Wildman–Crippen LogP) is 0.666. The third-order valence-corrected chi connectivity index (χ3v) is 3.69. The maximum atomic E-state index is 12.1. The summed E-state index contributed by atoms with van der Waals surface area (Å²) in [5.74, 6) is 0.369. The zero-order chi connectivity index (χ0) is 12.8. The van der Waals surface area contributed by atoms with E-state index in [0.29, 0.717) is 0 Å². The van der Waals surface area contributed by atoms with Gasteiger partial charge in [0.25, 0.3) is 0 Å². The smallest absolute Gasteiger partial charge is 0.224 e. The number of ether oxygens (including phenoxy) is 1. The molecule has 0 radical (unpaired) electrons. The highest BCUT2D eigenvalue weighted by molar-refractivity contribution is 5.85. The van der Waals surface area contributed by atoms with Gasteiger partial charge in [-0.2, -0.15) is 0 Å². The molecule has 2 N–H and O–H groups in total. The number of carbonyl (C=O) groups excluding carboxylic acids is 1. The SMILES string of the molecule is CC(CN1CCOCC1)NC(=O)C1CCCNC1.Cl.Cl. The Morgan fingerprint density at radius 1 is 1.40 bits per heavy atom. The Hall–Kier alpha value is -0.0700. The maximum Gasteiger partial charge on any atom is 0.224 e. The Kier molecular flexibility index (Phi) is 10.6. The minimum Gasteiger partial charge on any atom is -0.379 e. The predicted molar refractivity (Wildman–Crippen MR) is 85.0 cm³/mol. The van der Waals surface area contributed by atoms with Gasteiger partial charge in [0.2, 0.25) is 5.91 Å². The van der Waals surface area contributed by atoms with Crippen molar-refractivity contribution in [1.29, 1.82) is 0 Å². The highest BCUT2D eigenvalue weighted by Crippen LogP contribution is 2.10. The average molecular weight is 328 g/mol. The Balaban J connectivity index is 0.00000180. The van der Waals surface area contributed by atoms with Gasteiger partial charge >= 0.3 is 0 Å². The number of morpholine rings is 1. The maximum absolute atomic E-state index is 12.1. The van der Waals surface area contributed by atoms with Gasteiger partial charge in [0.15, 0.2) is 0 Å². The van der Waals surface area contributed by atoms with Gasteiger partial charge in [-0.05, 0) is 26.3 Å². The molecule has 2 aliphatic rings. The number of piperidine rings is 1. The summed E-state index contributed by atoms with van der Waals surface area (Å²) in [5.41, 5.74) is 0. The van der Waals surface area contributed by atoms with Crippen LogP contribution in [-0.4, -0.2) is 62.8 Å². The number of nitrogens with one attached hydrogen (secondary N) is 2. The van der Waals surface area contributed by atoms with E-state index >= 15 is 0 Å². The molecule has 0 aromatic rings. The van der Waals surface area contributed by atoms with Crippen LogP contribution < -0.4 is 10.6 Å². The summed E-state index contributed by atoms with van der Waals surface area (Å²) in [7, 11) is 0. The summed E-state index contributed by atoms with van der Waals surface area (Å²) in [5, 5.41) is 6.42. The normalized spacial score (nSPS) is 24.9. The second-order valence-electron chi connectivity index (χ2n) is 5.37. The van der Waals surface area contributed by atoms with Crippen LogP contribution in [0.3, 0.4) is 0 Å². The van der Waals surface area contributed by atoms with Gasteiger partial charge in [-0.1, -0.05) is 0 Å². The average Bonchev–Trinajstić information content (AvgIpc) is 2.40. The molecule has 2 aliphatic heterocycles. The van der Waals surface area contributed by atoms with E-state index < -0.39 is 0 Å². The van der Waals surface area contributed by atoms with E-state index in [0.717, 1.165) is 58.8 Å². The molecule has 0 aromatic carbocycles. The minimum absolute atomic E-state index is 0. The molecule has 2 rings (SSSR count). The molecule has 2 heterocycles. The molecule has 5 nitrogen and oxygen atoms in total. The summed E-state index contributed by atoms with van der Waals surface area (Å²) >= 11 is 0. The monoisotopic (exact) mass is 327 g/mol. The topological polar surface area (TPSA) is 53.6 Å². The van der Waals surface area contributed by atoms with Gasteiger partial charge in [0, 0.05) is 32.2 Å². The van der Waals surface area contributed by atoms with Crippen molar-refractivity contribution in [1.82, 2.24) is 15.5 Å². The first-order valence-electron chi connectivity index (χ1n) is 7.07. The first-order chi connectivity index (χ1) is 8.75. The van der Waals surface area contributed by atoms with Gasteiger partial charge in [-0.15, -0.1) is 24.8 Å². The van der Waals surface area contributed by atoms with Crippen molar-refractivity contribution in [3.8, 4) is 0 Å². The first kappa shape index (κ1) is 19.9. The highest BCUT2D eigenvalue weighted by Gasteiger charge is 2.22. The zero-order valence-corrected chi connectivity index (χ0v) is 13.7. The molecule has 0 aliphatic carbocycles. The van der Waals surface area contributed by atoms with Crippen LogP contribution in [0.5, 0.6) is 0 Å². The Labute approximate surface area is 134 Å². The summed E-state index contributed by atoms with van der Waals surface area (Å²) in [4.78, 5) is 14.4. The lowest BCUT2D eigenvalue weighted by atomic mass is 9.98. The molecule has 0 saturated carbocycles. The van der Waals surface area contributed by atoms with Crippen molar-refractivity contribution < 1.29 is 9.53 Å². The van der Waals surface area contributed by atoms with Crippen LogP contribution in [0.25, 0.3) is 0 Å². The lowest BCUT2D eigenvalue weighted by Crippen LogP contribution is -2.49. The van der Waals surface area contributed by atoms with Crippen LogP contribution in [0.1, 0.15) is 19.8 Å². The molecular weight excluding hydrogens is 301 g/mol. The number of hydrogen-bond acceptors (Lipinski definition) is 4. The Morgan fingerprint density at radius 3 is 2.70 bits per heavy atom. The number of nitrogens with zero attached hydrogens (tertiary/aromatic N) is 1. The Bertz CT molecular complexity index is 270. The number of carbonyl (C=O) groups is 1.